The molecule has 4 heteroatoms. The molecule has 22 heavy (non-hydrogen) atoms. The van der Waals surface area contributed by atoms with Crippen LogP contribution in [0.4, 0.5) is 0 Å². The van der Waals surface area contributed by atoms with Crippen LogP contribution in [0.15, 0.2) is 18.2 Å². The summed E-state index contributed by atoms with van der Waals surface area (Å²) < 4.78 is 5.50. The van der Waals surface area contributed by atoms with Gasteiger partial charge in [-0.05, 0) is 49.3 Å². The average molecular weight is 306 g/mol. The summed E-state index contributed by atoms with van der Waals surface area (Å²) in [6.45, 7) is 8.16. The van der Waals surface area contributed by atoms with Crippen molar-refractivity contribution in [1.82, 2.24) is 0 Å². The molecule has 0 saturated heterocycles. The molecular weight excluding hydrogens is 280 g/mol. The van der Waals surface area contributed by atoms with Crippen LogP contribution in [-0.4, -0.2) is 23.1 Å². The normalized spacial score (nSPS) is 12.2. The summed E-state index contributed by atoms with van der Waals surface area (Å²) in [5.41, 5.74) is 1.04. The zero-order valence-electron chi connectivity index (χ0n) is 13.9. The van der Waals surface area contributed by atoms with Crippen molar-refractivity contribution in [3.8, 4) is 0 Å². The third kappa shape index (κ3) is 5.17. The van der Waals surface area contributed by atoms with E-state index in [1.54, 1.807) is 18.2 Å². The van der Waals surface area contributed by atoms with Crippen molar-refractivity contribution >= 4 is 11.9 Å². The summed E-state index contributed by atoms with van der Waals surface area (Å²) in [6, 6.07) is 4.88. The summed E-state index contributed by atoms with van der Waals surface area (Å²) in [7, 11) is 0. The molecule has 0 heterocycles. The first kappa shape index (κ1) is 18.2. The van der Waals surface area contributed by atoms with E-state index < -0.39 is 11.9 Å². The van der Waals surface area contributed by atoms with Gasteiger partial charge in [0.2, 0.25) is 0 Å². The minimum Gasteiger partial charge on any atom is -0.478 e. The maximum absolute atomic E-state index is 12.3. The van der Waals surface area contributed by atoms with Gasteiger partial charge >= 0.3 is 11.9 Å². The highest BCUT2D eigenvalue weighted by Gasteiger charge is 2.21. The highest BCUT2D eigenvalue weighted by molar-refractivity contribution is 6.02. The van der Waals surface area contributed by atoms with E-state index in [9.17, 15) is 14.7 Å². The monoisotopic (exact) mass is 306 g/mol. The van der Waals surface area contributed by atoms with Gasteiger partial charge in [-0.15, -0.1) is 0 Å². The van der Waals surface area contributed by atoms with E-state index in [1.807, 2.05) is 13.8 Å². The molecule has 1 unspecified atom stereocenters. The first-order valence-electron chi connectivity index (χ1n) is 7.96. The van der Waals surface area contributed by atoms with Gasteiger partial charge in [0.25, 0.3) is 0 Å². The molecule has 0 amide bonds. The molecule has 1 rings (SSSR count). The fourth-order valence-corrected chi connectivity index (χ4v) is 2.25. The lowest BCUT2D eigenvalue weighted by atomic mass is 10.0. The number of carbonyl (C=O) groups is 2. The largest absolute Gasteiger partial charge is 0.478 e. The van der Waals surface area contributed by atoms with Crippen LogP contribution in [0.25, 0.3) is 0 Å². The van der Waals surface area contributed by atoms with Crippen LogP contribution in [0.2, 0.25) is 0 Å². The molecule has 0 aliphatic carbocycles. The van der Waals surface area contributed by atoms with Crippen molar-refractivity contribution in [2.24, 2.45) is 5.92 Å². The van der Waals surface area contributed by atoms with Crippen LogP contribution in [-0.2, 0) is 11.2 Å². The van der Waals surface area contributed by atoms with Gasteiger partial charge in [-0.1, -0.05) is 33.8 Å². The Bertz CT molecular complexity index is 520. The first-order valence-corrected chi connectivity index (χ1v) is 7.96. The zero-order chi connectivity index (χ0) is 16.7. The second-order valence-corrected chi connectivity index (χ2v) is 5.95. The van der Waals surface area contributed by atoms with Crippen molar-refractivity contribution in [2.75, 3.05) is 0 Å². The van der Waals surface area contributed by atoms with Gasteiger partial charge in [0.1, 0.15) is 6.10 Å². The van der Waals surface area contributed by atoms with Crippen molar-refractivity contribution in [3.63, 3.8) is 0 Å². The van der Waals surface area contributed by atoms with Gasteiger partial charge in [-0.3, -0.25) is 0 Å². The maximum Gasteiger partial charge on any atom is 0.339 e. The second kappa shape index (κ2) is 8.57. The van der Waals surface area contributed by atoms with Gasteiger partial charge in [0, 0.05) is 0 Å². The van der Waals surface area contributed by atoms with Crippen molar-refractivity contribution in [1.29, 1.82) is 0 Å². The molecule has 1 aromatic rings. The van der Waals surface area contributed by atoms with Crippen molar-refractivity contribution in [2.45, 2.75) is 59.5 Å². The Morgan fingerprint density at radius 2 is 1.82 bits per heavy atom. The SMILES string of the molecule is CCc1ccc(C(=O)OC(CC)CCC(C)C)c(C(=O)O)c1. The van der Waals surface area contributed by atoms with E-state index in [0.717, 1.165) is 31.2 Å². The third-order valence-corrected chi connectivity index (χ3v) is 3.74. The number of carboxylic acids is 1. The molecule has 0 saturated carbocycles. The van der Waals surface area contributed by atoms with Gasteiger partial charge < -0.3 is 9.84 Å². The topological polar surface area (TPSA) is 63.6 Å². The Balaban J connectivity index is 2.90. The Kier molecular flexibility index (Phi) is 7.09. The quantitative estimate of drug-likeness (QED) is 0.726. The predicted octanol–water partition coefficient (Wildman–Crippen LogP) is 4.32. The number of aromatic carboxylic acids is 1. The molecule has 1 atom stereocenters. The molecule has 4 nitrogen and oxygen atoms in total. The molecule has 1 aromatic carbocycles. The number of carbonyl (C=O) groups excluding carboxylic acids is 1. The Labute approximate surface area is 132 Å². The van der Waals surface area contributed by atoms with E-state index in [1.165, 1.54) is 0 Å². The fourth-order valence-electron chi connectivity index (χ4n) is 2.25. The summed E-state index contributed by atoms with van der Waals surface area (Å²) >= 11 is 0. The van der Waals surface area contributed by atoms with Gasteiger partial charge in [0.15, 0.2) is 0 Å². The fraction of sp³-hybridized carbons (Fsp3) is 0.556. The summed E-state index contributed by atoms with van der Waals surface area (Å²) in [5, 5.41) is 9.29. The van der Waals surface area contributed by atoms with Crippen molar-refractivity contribution < 1.29 is 19.4 Å². The van der Waals surface area contributed by atoms with Gasteiger partial charge in [-0.2, -0.15) is 0 Å². The molecular formula is C18H26O4. The number of hydrogen-bond donors (Lipinski definition) is 1. The van der Waals surface area contributed by atoms with Crippen LogP contribution in [0, 0.1) is 5.92 Å². The van der Waals surface area contributed by atoms with Crippen LogP contribution in [0.1, 0.15) is 73.2 Å². The number of hydrogen-bond acceptors (Lipinski definition) is 3. The predicted molar refractivity (Wildman–Crippen MR) is 86.3 cm³/mol. The highest BCUT2D eigenvalue weighted by atomic mass is 16.5. The molecule has 0 aromatic heterocycles. The van der Waals surface area contributed by atoms with E-state index in [2.05, 4.69) is 13.8 Å². The number of esters is 1. The highest BCUT2D eigenvalue weighted by Crippen LogP contribution is 2.18. The number of rotatable bonds is 8. The molecule has 122 valence electrons. The Morgan fingerprint density at radius 1 is 1.14 bits per heavy atom. The van der Waals surface area contributed by atoms with E-state index >= 15 is 0 Å². The van der Waals surface area contributed by atoms with E-state index in [4.69, 9.17) is 4.74 Å². The molecule has 0 radical (unpaired) electrons. The summed E-state index contributed by atoms with van der Waals surface area (Å²) in [5.74, 6) is -1.10. The van der Waals surface area contributed by atoms with Gasteiger partial charge in [0.05, 0.1) is 11.1 Å². The van der Waals surface area contributed by atoms with Crippen LogP contribution < -0.4 is 0 Å². The van der Waals surface area contributed by atoms with Crippen LogP contribution in [0.3, 0.4) is 0 Å². The van der Waals surface area contributed by atoms with E-state index in [0.29, 0.717) is 5.92 Å². The molecule has 0 fully saturated rings. The molecule has 0 aliphatic rings. The zero-order valence-corrected chi connectivity index (χ0v) is 13.9. The Hall–Kier alpha value is -1.84. The minimum absolute atomic E-state index is 0.0167. The molecule has 0 aliphatic heterocycles. The standard InChI is InChI=1S/C18H26O4/c1-5-13-8-10-15(16(11-13)17(19)20)18(21)22-14(6-2)9-7-12(3)4/h8,10-12,14H,5-7,9H2,1-4H3,(H,19,20). The minimum atomic E-state index is -1.10. The molecule has 0 spiro atoms. The molecule has 1 N–H and O–H groups in total. The van der Waals surface area contributed by atoms with Crippen molar-refractivity contribution in [3.05, 3.63) is 34.9 Å². The van der Waals surface area contributed by atoms with Crippen LogP contribution in [0.5, 0.6) is 0 Å². The summed E-state index contributed by atoms with van der Waals surface area (Å²) in [6.07, 6.45) is 3.07. The van der Waals surface area contributed by atoms with Crippen LogP contribution >= 0.6 is 0 Å². The number of ether oxygens (including phenoxy) is 1. The Morgan fingerprint density at radius 3 is 2.32 bits per heavy atom. The average Bonchev–Trinajstić information content (AvgIpc) is 2.50. The lowest BCUT2D eigenvalue weighted by molar-refractivity contribution is 0.0255. The third-order valence-electron chi connectivity index (χ3n) is 3.74. The van der Waals surface area contributed by atoms with Gasteiger partial charge in [-0.25, -0.2) is 9.59 Å². The number of benzene rings is 1. The molecule has 0 bridgehead atoms. The maximum atomic E-state index is 12.3. The summed E-state index contributed by atoms with van der Waals surface area (Å²) in [4.78, 5) is 23.7. The first-order chi connectivity index (χ1) is 10.4. The number of aryl methyl sites for hydroxylation is 1. The number of carboxylic acid groups (broad SMARTS) is 1. The lowest BCUT2D eigenvalue weighted by Gasteiger charge is -2.18. The lowest BCUT2D eigenvalue weighted by Crippen LogP contribution is -2.20. The smallest absolute Gasteiger partial charge is 0.339 e. The van der Waals surface area contributed by atoms with E-state index in [-0.39, 0.29) is 17.2 Å². The second-order valence-electron chi connectivity index (χ2n) is 5.95.